The number of benzene rings is 1. The molecule has 0 aliphatic rings. The highest BCUT2D eigenvalue weighted by atomic mass is 16.5. The SMILES string of the molecule is CCOc1ccc(NC(=O)C(C)O)c(N/N=C(\C#N)C(=N)N)c1. The molecule has 0 bridgehead atoms. The summed E-state index contributed by atoms with van der Waals surface area (Å²) in [5, 5.41) is 31.5. The number of anilines is 2. The average Bonchev–Trinajstić information content (AvgIpc) is 2.49. The van der Waals surface area contributed by atoms with Gasteiger partial charge in [0, 0.05) is 6.07 Å². The number of amidine groups is 1. The molecular formula is C14H18N6O3. The Labute approximate surface area is 133 Å². The number of aliphatic hydroxyl groups excluding tert-OH is 1. The average molecular weight is 318 g/mol. The van der Waals surface area contributed by atoms with Crippen molar-refractivity contribution in [1.82, 2.24) is 0 Å². The quantitative estimate of drug-likeness (QED) is 0.282. The third-order valence-corrected chi connectivity index (χ3v) is 2.59. The lowest BCUT2D eigenvalue weighted by Gasteiger charge is -2.13. The van der Waals surface area contributed by atoms with E-state index in [4.69, 9.17) is 21.1 Å². The molecule has 0 radical (unpaired) electrons. The van der Waals surface area contributed by atoms with E-state index in [0.29, 0.717) is 23.7 Å². The molecule has 1 atom stereocenters. The van der Waals surface area contributed by atoms with Crippen molar-refractivity contribution in [3.05, 3.63) is 18.2 Å². The number of hydrogen-bond donors (Lipinski definition) is 5. The molecule has 0 aliphatic heterocycles. The van der Waals surface area contributed by atoms with Gasteiger partial charge in [0.05, 0.1) is 18.0 Å². The molecular weight excluding hydrogens is 300 g/mol. The zero-order chi connectivity index (χ0) is 17.4. The van der Waals surface area contributed by atoms with Crippen molar-refractivity contribution in [2.24, 2.45) is 10.8 Å². The first-order valence-electron chi connectivity index (χ1n) is 6.73. The molecule has 0 saturated heterocycles. The number of rotatable bonds is 7. The highest BCUT2D eigenvalue weighted by molar-refractivity contribution is 6.45. The summed E-state index contributed by atoms with van der Waals surface area (Å²) in [5.41, 5.74) is 8.10. The maximum absolute atomic E-state index is 11.6. The normalized spacial score (nSPS) is 12.0. The summed E-state index contributed by atoms with van der Waals surface area (Å²) in [6, 6.07) is 6.41. The monoisotopic (exact) mass is 318 g/mol. The molecule has 1 unspecified atom stereocenters. The molecule has 0 heterocycles. The molecule has 23 heavy (non-hydrogen) atoms. The highest BCUT2D eigenvalue weighted by Gasteiger charge is 2.13. The fraction of sp³-hybridized carbons (Fsp3) is 0.286. The van der Waals surface area contributed by atoms with Crippen molar-refractivity contribution in [3.63, 3.8) is 0 Å². The summed E-state index contributed by atoms with van der Waals surface area (Å²) in [6.07, 6.45) is -1.19. The van der Waals surface area contributed by atoms with Crippen LogP contribution in [0.1, 0.15) is 13.8 Å². The molecule has 9 heteroatoms. The summed E-state index contributed by atoms with van der Waals surface area (Å²) in [5.74, 6) is -0.578. The summed E-state index contributed by atoms with van der Waals surface area (Å²) >= 11 is 0. The first-order valence-corrected chi connectivity index (χ1v) is 6.73. The lowest BCUT2D eigenvalue weighted by molar-refractivity contribution is -0.123. The fourth-order valence-corrected chi connectivity index (χ4v) is 1.48. The highest BCUT2D eigenvalue weighted by Crippen LogP contribution is 2.27. The van der Waals surface area contributed by atoms with E-state index in [0.717, 1.165) is 0 Å². The third-order valence-electron chi connectivity index (χ3n) is 2.59. The van der Waals surface area contributed by atoms with Crippen LogP contribution in [0.5, 0.6) is 5.75 Å². The molecule has 122 valence electrons. The van der Waals surface area contributed by atoms with Crippen LogP contribution in [0, 0.1) is 16.7 Å². The van der Waals surface area contributed by atoms with E-state index in [9.17, 15) is 9.90 Å². The van der Waals surface area contributed by atoms with Crippen LogP contribution in [0.15, 0.2) is 23.3 Å². The van der Waals surface area contributed by atoms with E-state index in [2.05, 4.69) is 15.8 Å². The number of carbonyl (C=O) groups excluding carboxylic acids is 1. The van der Waals surface area contributed by atoms with Gasteiger partial charge in [-0.15, -0.1) is 0 Å². The number of hydrogen-bond acceptors (Lipinski definition) is 7. The summed E-state index contributed by atoms with van der Waals surface area (Å²) in [4.78, 5) is 11.6. The molecule has 9 nitrogen and oxygen atoms in total. The summed E-state index contributed by atoms with van der Waals surface area (Å²) in [7, 11) is 0. The van der Waals surface area contributed by atoms with Crippen LogP contribution in [0.2, 0.25) is 0 Å². The van der Waals surface area contributed by atoms with Gasteiger partial charge in [-0.1, -0.05) is 0 Å². The first kappa shape index (κ1) is 17.9. The van der Waals surface area contributed by atoms with Crippen molar-refractivity contribution >= 4 is 28.8 Å². The number of carbonyl (C=O) groups is 1. The zero-order valence-electron chi connectivity index (χ0n) is 12.8. The Bertz CT molecular complexity index is 663. The van der Waals surface area contributed by atoms with Crippen molar-refractivity contribution in [2.45, 2.75) is 20.0 Å². The molecule has 6 N–H and O–H groups in total. The van der Waals surface area contributed by atoms with E-state index in [1.165, 1.54) is 6.92 Å². The van der Waals surface area contributed by atoms with Crippen molar-refractivity contribution in [1.29, 1.82) is 10.7 Å². The number of nitrogens with one attached hydrogen (secondary N) is 3. The van der Waals surface area contributed by atoms with Crippen molar-refractivity contribution in [2.75, 3.05) is 17.3 Å². The lowest BCUT2D eigenvalue weighted by atomic mass is 10.2. The van der Waals surface area contributed by atoms with E-state index >= 15 is 0 Å². The third kappa shape index (κ3) is 5.29. The van der Waals surface area contributed by atoms with Crippen LogP contribution in [0.25, 0.3) is 0 Å². The van der Waals surface area contributed by atoms with Crippen LogP contribution in [-0.4, -0.2) is 35.3 Å². The minimum Gasteiger partial charge on any atom is -0.494 e. The minimum absolute atomic E-state index is 0.306. The molecule has 1 aromatic rings. The van der Waals surface area contributed by atoms with Gasteiger partial charge in [-0.25, -0.2) is 0 Å². The standard InChI is InChI=1S/C14H18N6O3/c1-3-23-9-4-5-10(18-14(22)8(2)21)11(6-9)19-20-12(7-15)13(16)17/h4-6,8,19,21H,3H2,1-2H3,(H3,16,17)(H,18,22)/b20-12+. The number of nitriles is 1. The van der Waals surface area contributed by atoms with Gasteiger partial charge in [0.15, 0.2) is 5.84 Å². The predicted octanol–water partition coefficient (Wildman–Crippen LogP) is 0.632. The number of aliphatic hydroxyl groups is 1. The second-order valence-corrected chi connectivity index (χ2v) is 4.40. The Balaban J connectivity index is 3.13. The first-order chi connectivity index (χ1) is 10.9. The maximum atomic E-state index is 11.6. The largest absolute Gasteiger partial charge is 0.494 e. The van der Waals surface area contributed by atoms with Gasteiger partial charge in [0.25, 0.3) is 5.91 Å². The molecule has 0 saturated carbocycles. The summed E-state index contributed by atoms with van der Waals surface area (Å²) < 4.78 is 5.35. The van der Waals surface area contributed by atoms with Gasteiger partial charge in [-0.3, -0.25) is 15.6 Å². The minimum atomic E-state index is -1.19. The van der Waals surface area contributed by atoms with E-state index < -0.39 is 17.8 Å². The predicted molar refractivity (Wildman–Crippen MR) is 86.5 cm³/mol. The Morgan fingerprint density at radius 1 is 1.57 bits per heavy atom. The molecule has 0 aromatic heterocycles. The van der Waals surface area contributed by atoms with E-state index in [1.807, 2.05) is 6.92 Å². The maximum Gasteiger partial charge on any atom is 0.252 e. The summed E-state index contributed by atoms with van der Waals surface area (Å²) in [6.45, 7) is 3.59. The molecule has 1 amide bonds. The van der Waals surface area contributed by atoms with Crippen molar-refractivity contribution in [3.8, 4) is 11.8 Å². The van der Waals surface area contributed by atoms with Crippen LogP contribution >= 0.6 is 0 Å². The number of ether oxygens (including phenoxy) is 1. The van der Waals surface area contributed by atoms with Gasteiger partial charge in [-0.2, -0.15) is 10.4 Å². The molecule has 0 spiro atoms. The zero-order valence-corrected chi connectivity index (χ0v) is 12.8. The number of nitrogens with two attached hydrogens (primary N) is 1. The van der Waals surface area contributed by atoms with Gasteiger partial charge in [0.2, 0.25) is 5.71 Å². The Morgan fingerprint density at radius 3 is 2.78 bits per heavy atom. The second-order valence-electron chi connectivity index (χ2n) is 4.40. The molecule has 1 rings (SSSR count). The van der Waals surface area contributed by atoms with E-state index in [-0.39, 0.29) is 5.71 Å². The Hall–Kier alpha value is -3.12. The van der Waals surface area contributed by atoms with Crippen LogP contribution in [0.4, 0.5) is 11.4 Å². The van der Waals surface area contributed by atoms with Gasteiger partial charge >= 0.3 is 0 Å². The van der Waals surface area contributed by atoms with Gasteiger partial charge < -0.3 is 20.9 Å². The van der Waals surface area contributed by atoms with Crippen LogP contribution < -0.4 is 21.2 Å². The lowest BCUT2D eigenvalue weighted by Crippen LogP contribution is -2.25. The van der Waals surface area contributed by atoms with Crippen LogP contribution in [-0.2, 0) is 4.79 Å². The Morgan fingerprint density at radius 2 is 2.26 bits per heavy atom. The molecule has 0 fully saturated rings. The fourth-order valence-electron chi connectivity index (χ4n) is 1.48. The number of amides is 1. The Kier molecular flexibility index (Phi) is 6.51. The van der Waals surface area contributed by atoms with E-state index in [1.54, 1.807) is 24.3 Å². The number of hydrazone groups is 1. The second kappa shape index (κ2) is 8.35. The molecule has 0 aliphatic carbocycles. The topological polar surface area (TPSA) is 157 Å². The van der Waals surface area contributed by atoms with Crippen LogP contribution in [0.3, 0.4) is 0 Å². The van der Waals surface area contributed by atoms with Crippen molar-refractivity contribution < 1.29 is 14.6 Å². The van der Waals surface area contributed by atoms with Gasteiger partial charge in [-0.05, 0) is 26.0 Å². The van der Waals surface area contributed by atoms with Gasteiger partial charge in [0.1, 0.15) is 17.9 Å². The smallest absolute Gasteiger partial charge is 0.252 e. The number of nitrogens with zero attached hydrogens (tertiary/aromatic N) is 2. The molecule has 1 aromatic carbocycles.